The first-order valence-corrected chi connectivity index (χ1v) is 9.49. The van der Waals surface area contributed by atoms with E-state index >= 15 is 0 Å². The maximum Gasteiger partial charge on any atom is 0.0991 e. The maximum atomic E-state index is 9.20. The molecule has 4 rings (SSSR count). The van der Waals surface area contributed by atoms with Crippen LogP contribution in [-0.2, 0) is 18.8 Å². The van der Waals surface area contributed by atoms with E-state index in [9.17, 15) is 5.26 Å². The quantitative estimate of drug-likeness (QED) is 0.718. The Balaban J connectivity index is 1.83. The number of nitriles is 1. The van der Waals surface area contributed by atoms with Crippen LogP contribution in [0.25, 0.3) is 10.9 Å². The number of aryl methyl sites for hydroxylation is 1. The minimum Gasteiger partial charge on any atom is -0.361 e. The molecule has 138 valence electrons. The van der Waals surface area contributed by atoms with Crippen LogP contribution in [0.3, 0.4) is 0 Å². The van der Waals surface area contributed by atoms with Gasteiger partial charge in [-0.3, -0.25) is 4.90 Å². The molecule has 0 amide bonds. The number of fused-ring (bicyclic) bond motifs is 2. The molecule has 27 heavy (non-hydrogen) atoms. The summed E-state index contributed by atoms with van der Waals surface area (Å²) in [5.74, 6) is 0.385. The Bertz CT molecular complexity index is 1070. The van der Waals surface area contributed by atoms with Crippen LogP contribution >= 0.6 is 0 Å². The van der Waals surface area contributed by atoms with Crippen molar-refractivity contribution < 1.29 is 0 Å². The van der Waals surface area contributed by atoms with E-state index in [-0.39, 0.29) is 0 Å². The summed E-state index contributed by atoms with van der Waals surface area (Å²) in [6.07, 6.45) is 2.00. The Labute approximate surface area is 160 Å². The highest BCUT2D eigenvalue weighted by molar-refractivity contribution is 5.88. The molecule has 1 aliphatic heterocycles. The third-order valence-electron chi connectivity index (χ3n) is 5.91. The first-order valence-electron chi connectivity index (χ1n) is 9.49. The highest BCUT2D eigenvalue weighted by Crippen LogP contribution is 2.40. The van der Waals surface area contributed by atoms with Gasteiger partial charge >= 0.3 is 0 Å². The number of rotatable bonds is 3. The first kappa shape index (κ1) is 17.8. The number of benzene rings is 2. The minimum atomic E-state index is -0.612. The fraction of sp³-hybridized carbons (Fsp3) is 0.348. The number of aromatic nitrogens is 1. The van der Waals surface area contributed by atoms with Crippen molar-refractivity contribution in [1.82, 2.24) is 9.88 Å². The average Bonchev–Trinajstić information content (AvgIpc) is 3.27. The molecule has 1 atom stereocenters. The summed E-state index contributed by atoms with van der Waals surface area (Å²) in [4.78, 5) is 5.70. The van der Waals surface area contributed by atoms with E-state index in [1.165, 1.54) is 33.2 Å². The number of nitrogens with one attached hydrogen (secondary N) is 1. The zero-order valence-corrected chi connectivity index (χ0v) is 16.4. The molecular weight excluding hydrogens is 332 g/mol. The fourth-order valence-electron chi connectivity index (χ4n) is 4.41. The van der Waals surface area contributed by atoms with Gasteiger partial charge in [0.2, 0.25) is 0 Å². The minimum absolute atomic E-state index is 0.385. The van der Waals surface area contributed by atoms with Crippen molar-refractivity contribution in [2.75, 3.05) is 0 Å². The van der Waals surface area contributed by atoms with Gasteiger partial charge in [0.1, 0.15) is 0 Å². The predicted molar refractivity (Wildman–Crippen MR) is 109 cm³/mol. The molecule has 4 heteroatoms. The number of hydrogen-bond acceptors (Lipinski definition) is 3. The van der Waals surface area contributed by atoms with Crippen molar-refractivity contribution >= 4 is 10.9 Å². The molecule has 3 aromatic rings. The van der Waals surface area contributed by atoms with Crippen molar-refractivity contribution in [3.63, 3.8) is 0 Å². The van der Waals surface area contributed by atoms with E-state index in [1.54, 1.807) is 0 Å². The maximum absolute atomic E-state index is 9.20. The Morgan fingerprint density at radius 1 is 1.19 bits per heavy atom. The molecule has 0 bridgehead atoms. The lowest BCUT2D eigenvalue weighted by Gasteiger charge is -2.38. The fourth-order valence-corrected chi connectivity index (χ4v) is 4.41. The summed E-state index contributed by atoms with van der Waals surface area (Å²) >= 11 is 0. The zero-order valence-electron chi connectivity index (χ0n) is 16.4. The topological polar surface area (TPSA) is 68.8 Å². The Morgan fingerprint density at radius 2 is 1.93 bits per heavy atom. The van der Waals surface area contributed by atoms with E-state index in [2.05, 4.69) is 61.8 Å². The monoisotopic (exact) mass is 358 g/mol. The highest BCUT2D eigenvalue weighted by atomic mass is 15.3. The second kappa shape index (κ2) is 6.23. The summed E-state index contributed by atoms with van der Waals surface area (Å²) in [5.41, 5.74) is 14.5. The van der Waals surface area contributed by atoms with Crippen molar-refractivity contribution in [1.29, 1.82) is 5.26 Å². The number of nitrogens with two attached hydrogens (primary N) is 1. The molecule has 1 unspecified atom stereocenters. The Kier molecular flexibility index (Phi) is 4.10. The highest BCUT2D eigenvalue weighted by Gasteiger charge is 2.37. The van der Waals surface area contributed by atoms with Gasteiger partial charge in [0.05, 0.1) is 17.3 Å². The smallest absolute Gasteiger partial charge is 0.0991 e. The Hall–Kier alpha value is -2.61. The molecule has 0 saturated heterocycles. The van der Waals surface area contributed by atoms with Crippen molar-refractivity contribution in [2.45, 2.75) is 52.4 Å². The van der Waals surface area contributed by atoms with Crippen LogP contribution in [0.5, 0.6) is 0 Å². The summed E-state index contributed by atoms with van der Waals surface area (Å²) in [7, 11) is 0. The summed E-state index contributed by atoms with van der Waals surface area (Å²) in [5, 5.41) is 10.4. The van der Waals surface area contributed by atoms with Gasteiger partial charge < -0.3 is 10.7 Å². The molecule has 0 aliphatic carbocycles. The lowest BCUT2D eigenvalue weighted by molar-refractivity contribution is 0.106. The number of aromatic amines is 1. The number of nitrogens with zero attached hydrogens (tertiary/aromatic N) is 2. The molecule has 3 N–H and O–H groups in total. The van der Waals surface area contributed by atoms with E-state index in [1.807, 2.05) is 18.3 Å². The second-order valence-corrected chi connectivity index (χ2v) is 8.18. The van der Waals surface area contributed by atoms with Crippen molar-refractivity contribution in [3.8, 4) is 6.07 Å². The molecule has 1 aliphatic rings. The summed E-state index contributed by atoms with van der Waals surface area (Å²) in [6.45, 7) is 10.3. The van der Waals surface area contributed by atoms with E-state index in [4.69, 9.17) is 5.73 Å². The van der Waals surface area contributed by atoms with Crippen LogP contribution in [0.2, 0.25) is 0 Å². The normalized spacial score (nSPS) is 16.5. The van der Waals surface area contributed by atoms with Crippen LogP contribution in [-0.4, -0.2) is 9.88 Å². The van der Waals surface area contributed by atoms with Gasteiger partial charge in [-0.1, -0.05) is 26.0 Å². The molecule has 2 aromatic carbocycles. The van der Waals surface area contributed by atoms with Gasteiger partial charge in [-0.25, -0.2) is 0 Å². The third kappa shape index (κ3) is 2.75. The van der Waals surface area contributed by atoms with E-state index in [0.717, 1.165) is 18.6 Å². The van der Waals surface area contributed by atoms with Crippen LogP contribution in [0.1, 0.15) is 60.1 Å². The van der Waals surface area contributed by atoms with Crippen LogP contribution in [0, 0.1) is 18.3 Å². The molecular formula is C23H26N4. The van der Waals surface area contributed by atoms with Gasteiger partial charge in [-0.05, 0) is 65.8 Å². The summed E-state index contributed by atoms with van der Waals surface area (Å²) in [6, 6.07) is 12.6. The van der Waals surface area contributed by atoms with E-state index in [0.29, 0.717) is 11.5 Å². The lowest BCUT2D eigenvalue weighted by Crippen LogP contribution is -2.49. The van der Waals surface area contributed by atoms with Crippen LogP contribution in [0.15, 0.2) is 36.5 Å². The van der Waals surface area contributed by atoms with Gasteiger partial charge in [-0.15, -0.1) is 0 Å². The number of hydrogen-bond donors (Lipinski definition) is 2. The van der Waals surface area contributed by atoms with Gasteiger partial charge in [0.25, 0.3) is 0 Å². The van der Waals surface area contributed by atoms with Crippen molar-refractivity contribution in [2.24, 2.45) is 5.73 Å². The molecule has 0 spiro atoms. The molecule has 2 heterocycles. The SMILES string of the molecule is Cc1cc(C(C)C)c(C(C)(N)N2Cc3ccc(C#N)cc3C2)c2cc[nH]c12. The summed E-state index contributed by atoms with van der Waals surface area (Å²) < 4.78 is 0. The zero-order chi connectivity index (χ0) is 19.3. The largest absolute Gasteiger partial charge is 0.361 e. The standard InChI is InChI=1S/C23H26N4/c1-14(2)20-9-15(3)22-19(7-8-26-22)21(20)23(4,25)27-12-17-6-5-16(11-24)10-18(17)13-27/h5-10,14,26H,12-13,25H2,1-4H3. The third-order valence-corrected chi connectivity index (χ3v) is 5.91. The van der Waals surface area contributed by atoms with Crippen LogP contribution < -0.4 is 5.73 Å². The lowest BCUT2D eigenvalue weighted by atomic mass is 9.85. The molecule has 4 nitrogen and oxygen atoms in total. The van der Waals surface area contributed by atoms with E-state index < -0.39 is 5.66 Å². The predicted octanol–water partition coefficient (Wildman–Crippen LogP) is 4.62. The molecule has 0 radical (unpaired) electrons. The Morgan fingerprint density at radius 3 is 2.63 bits per heavy atom. The van der Waals surface area contributed by atoms with Crippen LogP contribution in [0.4, 0.5) is 0 Å². The molecule has 0 fully saturated rings. The molecule has 1 aromatic heterocycles. The van der Waals surface area contributed by atoms with Gasteiger partial charge in [0, 0.05) is 30.2 Å². The number of H-pyrrole nitrogens is 1. The first-order chi connectivity index (χ1) is 12.8. The van der Waals surface area contributed by atoms with Crippen molar-refractivity contribution in [3.05, 3.63) is 69.9 Å². The second-order valence-electron chi connectivity index (χ2n) is 8.18. The molecule has 0 saturated carbocycles. The van der Waals surface area contributed by atoms with Gasteiger partial charge in [0.15, 0.2) is 0 Å². The van der Waals surface area contributed by atoms with Gasteiger partial charge in [-0.2, -0.15) is 5.26 Å². The average molecular weight is 358 g/mol.